The van der Waals surface area contributed by atoms with E-state index in [1.54, 1.807) is 11.3 Å². The van der Waals surface area contributed by atoms with E-state index >= 15 is 0 Å². The first kappa shape index (κ1) is 12.8. The molecule has 2 aromatic rings. The number of thiophene rings is 1. The summed E-state index contributed by atoms with van der Waals surface area (Å²) in [7, 11) is 0. The van der Waals surface area contributed by atoms with Crippen molar-refractivity contribution in [3.8, 4) is 0 Å². The van der Waals surface area contributed by atoms with Crippen molar-refractivity contribution >= 4 is 23.1 Å². The van der Waals surface area contributed by atoms with Gasteiger partial charge in [-0.25, -0.2) is 4.98 Å². The highest BCUT2D eigenvalue weighted by molar-refractivity contribution is 7.10. The van der Waals surface area contributed by atoms with E-state index in [9.17, 15) is 0 Å². The Bertz CT molecular complexity index is 496. The summed E-state index contributed by atoms with van der Waals surface area (Å²) in [6.07, 6.45) is 0. The summed E-state index contributed by atoms with van der Waals surface area (Å²) >= 11 is 1.75. The van der Waals surface area contributed by atoms with Crippen molar-refractivity contribution in [2.45, 2.75) is 26.8 Å². The van der Waals surface area contributed by atoms with Gasteiger partial charge in [-0.2, -0.15) is 4.98 Å². The van der Waals surface area contributed by atoms with Crippen LogP contribution in [0.2, 0.25) is 0 Å². The van der Waals surface area contributed by atoms with E-state index in [1.807, 2.05) is 19.9 Å². The van der Waals surface area contributed by atoms with Crippen LogP contribution in [0.5, 0.6) is 0 Å². The van der Waals surface area contributed by atoms with Gasteiger partial charge in [0.05, 0.1) is 6.04 Å². The zero-order valence-corrected chi connectivity index (χ0v) is 11.7. The molecule has 0 aromatic carbocycles. The van der Waals surface area contributed by atoms with Crippen molar-refractivity contribution in [2.75, 3.05) is 17.2 Å². The molecule has 0 amide bonds. The van der Waals surface area contributed by atoms with Crippen LogP contribution in [0.3, 0.4) is 0 Å². The highest BCUT2D eigenvalue weighted by Crippen LogP contribution is 2.22. The zero-order chi connectivity index (χ0) is 13.0. The Morgan fingerprint density at radius 3 is 2.89 bits per heavy atom. The van der Waals surface area contributed by atoms with E-state index < -0.39 is 0 Å². The lowest BCUT2D eigenvalue weighted by atomic mass is 10.2. The number of hydrogen-bond acceptors (Lipinski definition) is 5. The molecule has 2 N–H and O–H groups in total. The second-order valence-corrected chi connectivity index (χ2v) is 5.11. The van der Waals surface area contributed by atoms with E-state index in [0.29, 0.717) is 5.95 Å². The van der Waals surface area contributed by atoms with Gasteiger partial charge in [-0.1, -0.05) is 6.07 Å². The Hall–Kier alpha value is -1.62. The van der Waals surface area contributed by atoms with Crippen LogP contribution in [0.15, 0.2) is 23.6 Å². The minimum absolute atomic E-state index is 0.258. The van der Waals surface area contributed by atoms with Gasteiger partial charge in [0.25, 0.3) is 0 Å². The van der Waals surface area contributed by atoms with Gasteiger partial charge >= 0.3 is 0 Å². The van der Waals surface area contributed by atoms with E-state index in [4.69, 9.17) is 0 Å². The van der Waals surface area contributed by atoms with Gasteiger partial charge in [-0.15, -0.1) is 11.3 Å². The molecule has 0 aliphatic heterocycles. The lowest BCUT2D eigenvalue weighted by molar-refractivity contribution is 0.890. The minimum atomic E-state index is 0.258. The molecule has 2 rings (SSSR count). The summed E-state index contributed by atoms with van der Waals surface area (Å²) < 4.78 is 0. The molecular formula is C13H18N4S. The number of hydrogen-bond donors (Lipinski definition) is 2. The van der Waals surface area contributed by atoms with Gasteiger partial charge in [0.15, 0.2) is 0 Å². The highest BCUT2D eigenvalue weighted by atomic mass is 32.1. The predicted molar refractivity (Wildman–Crippen MR) is 77.3 cm³/mol. The van der Waals surface area contributed by atoms with Gasteiger partial charge in [0.2, 0.25) is 5.95 Å². The van der Waals surface area contributed by atoms with Crippen molar-refractivity contribution in [1.82, 2.24) is 9.97 Å². The molecule has 0 spiro atoms. The molecule has 96 valence electrons. The summed E-state index contributed by atoms with van der Waals surface area (Å²) in [6.45, 7) is 6.97. The first-order valence-electron chi connectivity index (χ1n) is 6.08. The number of aromatic nitrogens is 2. The first-order chi connectivity index (χ1) is 8.69. The van der Waals surface area contributed by atoms with Gasteiger partial charge in [0, 0.05) is 23.2 Å². The third-order valence-electron chi connectivity index (χ3n) is 2.52. The monoisotopic (exact) mass is 262 g/mol. The third-order valence-corrected chi connectivity index (χ3v) is 3.58. The summed E-state index contributed by atoms with van der Waals surface area (Å²) in [5.74, 6) is 1.54. The molecule has 1 unspecified atom stereocenters. The SMILES string of the molecule is CCNc1nc(C)cc(NC(C)c2cccs2)n1. The maximum Gasteiger partial charge on any atom is 0.224 e. The Morgan fingerprint density at radius 1 is 1.39 bits per heavy atom. The molecule has 5 heteroatoms. The first-order valence-corrected chi connectivity index (χ1v) is 6.96. The smallest absolute Gasteiger partial charge is 0.224 e. The molecule has 4 nitrogen and oxygen atoms in total. The van der Waals surface area contributed by atoms with Crippen LogP contribution in [0.4, 0.5) is 11.8 Å². The molecule has 1 atom stereocenters. The highest BCUT2D eigenvalue weighted by Gasteiger charge is 2.08. The van der Waals surface area contributed by atoms with E-state index in [1.165, 1.54) is 4.88 Å². The molecule has 0 aliphatic carbocycles. The topological polar surface area (TPSA) is 49.8 Å². The maximum absolute atomic E-state index is 4.44. The predicted octanol–water partition coefficient (Wildman–Crippen LogP) is 3.45. The molecule has 0 fully saturated rings. The van der Waals surface area contributed by atoms with Crippen LogP contribution in [-0.4, -0.2) is 16.5 Å². The Balaban J connectivity index is 2.13. The summed E-state index contributed by atoms with van der Waals surface area (Å²) in [6, 6.07) is 6.41. The minimum Gasteiger partial charge on any atom is -0.363 e. The number of aryl methyl sites for hydroxylation is 1. The van der Waals surface area contributed by atoms with Gasteiger partial charge < -0.3 is 10.6 Å². The standard InChI is InChI=1S/C13H18N4S/c1-4-14-13-15-9(2)8-12(17-13)16-10(3)11-6-5-7-18-11/h5-8,10H,4H2,1-3H3,(H2,14,15,16,17). The quantitative estimate of drug-likeness (QED) is 0.866. The lowest BCUT2D eigenvalue weighted by Gasteiger charge is -2.14. The normalized spacial score (nSPS) is 12.2. The Labute approximate surface area is 111 Å². The molecule has 2 heterocycles. The van der Waals surface area contributed by atoms with Crippen LogP contribution in [0, 0.1) is 6.92 Å². The van der Waals surface area contributed by atoms with Crippen LogP contribution in [0.25, 0.3) is 0 Å². The van der Waals surface area contributed by atoms with Crippen molar-refractivity contribution in [1.29, 1.82) is 0 Å². The summed E-state index contributed by atoms with van der Waals surface area (Å²) in [5, 5.41) is 8.63. The number of nitrogens with zero attached hydrogens (tertiary/aromatic N) is 2. The fourth-order valence-corrected chi connectivity index (χ4v) is 2.44. The second-order valence-electron chi connectivity index (χ2n) is 4.13. The molecule has 0 saturated heterocycles. The van der Waals surface area contributed by atoms with E-state index in [-0.39, 0.29) is 6.04 Å². The average Bonchev–Trinajstić information content (AvgIpc) is 2.81. The van der Waals surface area contributed by atoms with Gasteiger partial charge in [0.1, 0.15) is 5.82 Å². The lowest BCUT2D eigenvalue weighted by Crippen LogP contribution is -2.10. The van der Waals surface area contributed by atoms with Crippen molar-refractivity contribution in [3.05, 3.63) is 34.2 Å². The van der Waals surface area contributed by atoms with E-state index in [0.717, 1.165) is 18.1 Å². The number of anilines is 2. The molecule has 18 heavy (non-hydrogen) atoms. The molecule has 0 radical (unpaired) electrons. The second kappa shape index (κ2) is 5.82. The Kier molecular flexibility index (Phi) is 4.15. The van der Waals surface area contributed by atoms with Crippen LogP contribution >= 0.6 is 11.3 Å². The third kappa shape index (κ3) is 3.20. The molecule has 0 aliphatic rings. The van der Waals surface area contributed by atoms with Crippen LogP contribution in [-0.2, 0) is 0 Å². The molecule has 2 aromatic heterocycles. The number of nitrogens with one attached hydrogen (secondary N) is 2. The van der Waals surface area contributed by atoms with Crippen molar-refractivity contribution in [2.24, 2.45) is 0 Å². The average molecular weight is 262 g/mol. The van der Waals surface area contributed by atoms with Crippen molar-refractivity contribution < 1.29 is 0 Å². The van der Waals surface area contributed by atoms with Gasteiger partial charge in [-0.3, -0.25) is 0 Å². The molecule has 0 bridgehead atoms. The molecular weight excluding hydrogens is 244 g/mol. The van der Waals surface area contributed by atoms with Gasteiger partial charge in [-0.05, 0) is 32.2 Å². The van der Waals surface area contributed by atoms with Crippen molar-refractivity contribution in [3.63, 3.8) is 0 Å². The maximum atomic E-state index is 4.44. The summed E-state index contributed by atoms with van der Waals surface area (Å²) in [5.41, 5.74) is 0.960. The molecule has 0 saturated carbocycles. The fourth-order valence-electron chi connectivity index (χ4n) is 1.71. The summed E-state index contributed by atoms with van der Waals surface area (Å²) in [4.78, 5) is 10.1. The number of rotatable bonds is 5. The van der Waals surface area contributed by atoms with Crippen LogP contribution < -0.4 is 10.6 Å². The zero-order valence-electron chi connectivity index (χ0n) is 10.9. The van der Waals surface area contributed by atoms with Crippen LogP contribution in [0.1, 0.15) is 30.5 Å². The fraction of sp³-hybridized carbons (Fsp3) is 0.385. The Morgan fingerprint density at radius 2 is 2.22 bits per heavy atom. The largest absolute Gasteiger partial charge is 0.363 e. The van der Waals surface area contributed by atoms with E-state index in [2.05, 4.69) is 45.0 Å².